The quantitative estimate of drug-likeness (QED) is 0.680. The van der Waals surface area contributed by atoms with Crippen molar-refractivity contribution in [3.63, 3.8) is 0 Å². The summed E-state index contributed by atoms with van der Waals surface area (Å²) >= 11 is 0. The first-order valence-electron chi connectivity index (χ1n) is 4.77. The lowest BCUT2D eigenvalue weighted by Gasteiger charge is -2.38. The topological polar surface area (TPSA) is 38.3 Å². The van der Waals surface area contributed by atoms with Crippen LogP contribution in [0, 0.1) is 5.41 Å². The molecule has 1 amide bonds. The van der Waals surface area contributed by atoms with Crippen LogP contribution in [0.4, 0.5) is 4.79 Å². The molecule has 1 fully saturated rings. The number of ether oxygens (including phenoxy) is 1. The third-order valence-electron chi connectivity index (χ3n) is 3.54. The van der Waals surface area contributed by atoms with Crippen LogP contribution < -0.4 is 5.32 Å². The summed E-state index contributed by atoms with van der Waals surface area (Å²) in [7, 11) is 1.40. The number of methoxy groups -OCH3 is 1. The summed E-state index contributed by atoms with van der Waals surface area (Å²) < 4.78 is 4.62. The average Bonchev–Trinajstić information content (AvgIpc) is 2.26. The molecule has 1 aliphatic carbocycles. The summed E-state index contributed by atoms with van der Waals surface area (Å²) in [6.45, 7) is 6.48. The Morgan fingerprint density at radius 3 is 2.31 bits per heavy atom. The second kappa shape index (κ2) is 3.20. The van der Waals surface area contributed by atoms with Gasteiger partial charge in [-0.15, -0.1) is 0 Å². The van der Waals surface area contributed by atoms with Crippen LogP contribution in [0.3, 0.4) is 0 Å². The molecule has 0 unspecified atom stereocenters. The Morgan fingerprint density at radius 1 is 1.31 bits per heavy atom. The molecule has 3 heteroatoms. The van der Waals surface area contributed by atoms with Gasteiger partial charge >= 0.3 is 6.09 Å². The fraction of sp³-hybridized carbons (Fsp3) is 0.900. The molecule has 0 spiro atoms. The highest BCUT2D eigenvalue weighted by Crippen LogP contribution is 2.45. The molecule has 0 aliphatic heterocycles. The van der Waals surface area contributed by atoms with Gasteiger partial charge in [-0.3, -0.25) is 0 Å². The molecule has 1 atom stereocenters. The zero-order valence-corrected chi connectivity index (χ0v) is 8.94. The molecule has 0 saturated heterocycles. The van der Waals surface area contributed by atoms with Crippen molar-refractivity contribution in [3.05, 3.63) is 0 Å². The SMILES string of the molecule is COC(=O)N[C@@]1(C)CCCC1(C)C. The maximum Gasteiger partial charge on any atom is 0.407 e. The van der Waals surface area contributed by atoms with Gasteiger partial charge in [0.2, 0.25) is 0 Å². The Hall–Kier alpha value is -0.730. The highest BCUT2D eigenvalue weighted by molar-refractivity contribution is 5.68. The number of rotatable bonds is 1. The van der Waals surface area contributed by atoms with Crippen LogP contribution in [0.5, 0.6) is 0 Å². The summed E-state index contributed by atoms with van der Waals surface area (Å²) in [6, 6.07) is 0. The van der Waals surface area contributed by atoms with E-state index < -0.39 is 0 Å². The minimum atomic E-state index is -0.322. The van der Waals surface area contributed by atoms with E-state index in [0.29, 0.717) is 0 Å². The molecule has 13 heavy (non-hydrogen) atoms. The van der Waals surface area contributed by atoms with Gasteiger partial charge in [-0.25, -0.2) is 4.79 Å². The van der Waals surface area contributed by atoms with E-state index >= 15 is 0 Å². The highest BCUT2D eigenvalue weighted by atomic mass is 16.5. The fourth-order valence-electron chi connectivity index (χ4n) is 2.01. The Morgan fingerprint density at radius 2 is 1.92 bits per heavy atom. The molecule has 1 rings (SSSR count). The van der Waals surface area contributed by atoms with Crippen molar-refractivity contribution in [2.24, 2.45) is 5.41 Å². The van der Waals surface area contributed by atoms with E-state index in [9.17, 15) is 4.79 Å². The Balaban J connectivity index is 2.70. The largest absolute Gasteiger partial charge is 0.453 e. The molecule has 76 valence electrons. The molecule has 0 radical (unpaired) electrons. The van der Waals surface area contributed by atoms with Crippen molar-refractivity contribution in [2.45, 2.75) is 45.6 Å². The first kappa shape index (κ1) is 10.4. The number of amides is 1. The molecule has 1 saturated carbocycles. The molecule has 1 N–H and O–H groups in total. The lowest BCUT2D eigenvalue weighted by molar-refractivity contribution is 0.128. The predicted octanol–water partition coefficient (Wildman–Crippen LogP) is 2.31. The number of carbonyl (C=O) groups is 1. The van der Waals surface area contributed by atoms with Crippen LogP contribution in [-0.4, -0.2) is 18.7 Å². The second-order valence-electron chi connectivity index (χ2n) is 4.69. The summed E-state index contributed by atoms with van der Waals surface area (Å²) in [5.41, 5.74) is 0.0568. The summed E-state index contributed by atoms with van der Waals surface area (Å²) in [5.74, 6) is 0. The van der Waals surface area contributed by atoms with Crippen molar-refractivity contribution >= 4 is 6.09 Å². The van der Waals surface area contributed by atoms with Crippen LogP contribution in [0.2, 0.25) is 0 Å². The van der Waals surface area contributed by atoms with E-state index in [0.717, 1.165) is 12.8 Å². The summed E-state index contributed by atoms with van der Waals surface area (Å²) in [5, 5.41) is 2.93. The van der Waals surface area contributed by atoms with E-state index in [1.165, 1.54) is 13.5 Å². The van der Waals surface area contributed by atoms with Gasteiger partial charge in [0.15, 0.2) is 0 Å². The van der Waals surface area contributed by atoms with Crippen LogP contribution in [-0.2, 0) is 4.74 Å². The van der Waals surface area contributed by atoms with E-state index in [1.54, 1.807) is 0 Å². The van der Waals surface area contributed by atoms with Gasteiger partial charge in [0.1, 0.15) is 0 Å². The number of alkyl carbamates (subject to hydrolysis) is 1. The van der Waals surface area contributed by atoms with E-state index in [4.69, 9.17) is 0 Å². The molecule has 1 aliphatic rings. The van der Waals surface area contributed by atoms with Crippen LogP contribution in [0.1, 0.15) is 40.0 Å². The second-order valence-corrected chi connectivity index (χ2v) is 4.69. The minimum Gasteiger partial charge on any atom is -0.453 e. The standard InChI is InChI=1S/C10H19NO2/c1-9(2)6-5-7-10(9,3)11-8(12)13-4/h5-7H2,1-4H3,(H,11,12)/t10-/m0/s1. The maximum absolute atomic E-state index is 11.1. The third-order valence-corrected chi connectivity index (χ3v) is 3.54. The Labute approximate surface area is 79.8 Å². The van der Waals surface area contributed by atoms with Gasteiger partial charge in [0.25, 0.3) is 0 Å². The average molecular weight is 185 g/mol. The molecular formula is C10H19NO2. The van der Waals surface area contributed by atoms with Crippen molar-refractivity contribution < 1.29 is 9.53 Å². The number of carbonyl (C=O) groups excluding carboxylic acids is 1. The Bertz CT molecular complexity index is 213. The van der Waals surface area contributed by atoms with Crippen molar-refractivity contribution in [3.8, 4) is 0 Å². The summed E-state index contributed by atoms with van der Waals surface area (Å²) in [4.78, 5) is 11.1. The van der Waals surface area contributed by atoms with Gasteiger partial charge in [-0.2, -0.15) is 0 Å². The molecule has 0 aromatic carbocycles. The maximum atomic E-state index is 11.1. The fourth-order valence-corrected chi connectivity index (χ4v) is 2.01. The van der Waals surface area contributed by atoms with Crippen LogP contribution >= 0.6 is 0 Å². The van der Waals surface area contributed by atoms with Crippen molar-refractivity contribution in [1.82, 2.24) is 5.32 Å². The first-order chi connectivity index (χ1) is 5.91. The van der Waals surface area contributed by atoms with E-state index in [-0.39, 0.29) is 17.0 Å². The monoisotopic (exact) mass is 185 g/mol. The lowest BCUT2D eigenvalue weighted by Crippen LogP contribution is -2.52. The zero-order valence-electron chi connectivity index (χ0n) is 8.94. The van der Waals surface area contributed by atoms with Gasteiger partial charge in [0, 0.05) is 5.54 Å². The minimum absolute atomic E-state index is 0.111. The Kier molecular flexibility index (Phi) is 2.55. The smallest absolute Gasteiger partial charge is 0.407 e. The van der Waals surface area contributed by atoms with E-state index in [1.807, 2.05) is 0 Å². The molecule has 0 bridgehead atoms. The molecule has 0 heterocycles. The normalized spacial score (nSPS) is 31.4. The highest BCUT2D eigenvalue weighted by Gasteiger charge is 2.46. The predicted molar refractivity (Wildman–Crippen MR) is 51.6 cm³/mol. The molecule has 0 aromatic rings. The number of hydrogen-bond acceptors (Lipinski definition) is 2. The van der Waals surface area contributed by atoms with E-state index in [2.05, 4.69) is 30.8 Å². The molecule has 0 aromatic heterocycles. The molecular weight excluding hydrogens is 166 g/mol. The first-order valence-corrected chi connectivity index (χ1v) is 4.77. The number of hydrogen-bond donors (Lipinski definition) is 1. The number of nitrogens with one attached hydrogen (secondary N) is 1. The zero-order chi connectivity index (χ0) is 10.1. The third kappa shape index (κ3) is 1.79. The molecule has 3 nitrogen and oxygen atoms in total. The lowest BCUT2D eigenvalue weighted by atomic mass is 9.76. The van der Waals surface area contributed by atoms with Crippen LogP contribution in [0.25, 0.3) is 0 Å². The van der Waals surface area contributed by atoms with Gasteiger partial charge < -0.3 is 10.1 Å². The summed E-state index contributed by atoms with van der Waals surface area (Å²) in [6.07, 6.45) is 3.05. The van der Waals surface area contributed by atoms with Gasteiger partial charge in [-0.1, -0.05) is 20.3 Å². The van der Waals surface area contributed by atoms with Crippen LogP contribution in [0.15, 0.2) is 0 Å². The van der Waals surface area contributed by atoms with Gasteiger partial charge in [0.05, 0.1) is 7.11 Å². The van der Waals surface area contributed by atoms with Gasteiger partial charge in [-0.05, 0) is 25.2 Å². The van der Waals surface area contributed by atoms with Crippen molar-refractivity contribution in [1.29, 1.82) is 0 Å². The van der Waals surface area contributed by atoms with Crippen molar-refractivity contribution in [2.75, 3.05) is 7.11 Å².